The van der Waals surface area contributed by atoms with Gasteiger partial charge in [0.25, 0.3) is 0 Å². The van der Waals surface area contributed by atoms with E-state index in [-0.39, 0.29) is 26.1 Å². The van der Waals surface area contributed by atoms with Gasteiger partial charge in [-0.15, -0.1) is 6.58 Å². The van der Waals surface area contributed by atoms with Crippen molar-refractivity contribution >= 4 is 11.9 Å². The van der Waals surface area contributed by atoms with Crippen LogP contribution in [-0.2, 0) is 28.5 Å². The summed E-state index contributed by atoms with van der Waals surface area (Å²) in [7, 11) is 0. The van der Waals surface area contributed by atoms with Gasteiger partial charge in [-0.2, -0.15) is 0 Å². The number of carbonyl (C=O) groups is 2. The zero-order chi connectivity index (χ0) is 41.6. The van der Waals surface area contributed by atoms with E-state index in [0.29, 0.717) is 19.3 Å². The van der Waals surface area contributed by atoms with E-state index in [1.165, 1.54) is 77.0 Å². The number of esters is 2. The first-order chi connectivity index (χ1) is 27.8. The average molecular weight is 805 g/mol. The first-order valence-electron chi connectivity index (χ1n) is 22.3. The summed E-state index contributed by atoms with van der Waals surface area (Å²) in [6, 6.07) is 0. The van der Waals surface area contributed by atoms with E-state index >= 15 is 0 Å². The molecule has 1 fully saturated rings. The van der Waals surface area contributed by atoms with Gasteiger partial charge in [0.15, 0.2) is 12.4 Å². The second kappa shape index (κ2) is 37.7. The molecule has 0 aromatic heterocycles. The Balaban J connectivity index is 2.38. The molecule has 10 heteroatoms. The Hall–Kier alpha value is -2.60. The van der Waals surface area contributed by atoms with Crippen LogP contribution in [0, 0.1) is 0 Å². The fraction of sp³-hybridized carbons (Fsp3) is 0.745. The van der Waals surface area contributed by atoms with Crippen molar-refractivity contribution in [3.63, 3.8) is 0 Å². The lowest BCUT2D eigenvalue weighted by atomic mass is 9.99. The normalized spacial score (nSPS) is 20.6. The van der Waals surface area contributed by atoms with E-state index in [2.05, 4.69) is 56.0 Å². The van der Waals surface area contributed by atoms with Crippen molar-refractivity contribution in [2.24, 2.45) is 0 Å². The van der Waals surface area contributed by atoms with E-state index in [1.54, 1.807) is 0 Å². The molecule has 0 aromatic rings. The first-order valence-corrected chi connectivity index (χ1v) is 22.3. The summed E-state index contributed by atoms with van der Waals surface area (Å²) in [5.41, 5.74) is 0. The molecule has 1 rings (SSSR count). The van der Waals surface area contributed by atoms with Gasteiger partial charge in [-0.1, -0.05) is 145 Å². The van der Waals surface area contributed by atoms with Crippen molar-refractivity contribution in [3.05, 3.63) is 61.3 Å². The average Bonchev–Trinajstić information content (AvgIpc) is 3.21. The summed E-state index contributed by atoms with van der Waals surface area (Å²) >= 11 is 0. The highest BCUT2D eigenvalue weighted by atomic mass is 16.7. The molecule has 0 saturated carbocycles. The van der Waals surface area contributed by atoms with Gasteiger partial charge in [0.05, 0.1) is 13.2 Å². The second-order valence-electron chi connectivity index (χ2n) is 15.2. The maximum Gasteiger partial charge on any atom is 0.306 e. The number of carbonyl (C=O) groups excluding carboxylic acids is 2. The third kappa shape index (κ3) is 29.3. The summed E-state index contributed by atoms with van der Waals surface area (Å²) in [5, 5.41) is 40.0. The number of rotatable bonds is 37. The molecule has 0 spiro atoms. The Bertz CT molecular complexity index is 1100. The van der Waals surface area contributed by atoms with Crippen LogP contribution in [0.15, 0.2) is 61.3 Å². The molecule has 6 atom stereocenters. The highest BCUT2D eigenvalue weighted by molar-refractivity contribution is 5.70. The number of hydrogen-bond donors (Lipinski definition) is 4. The Morgan fingerprint density at radius 2 is 1.09 bits per heavy atom. The molecule has 1 saturated heterocycles. The maximum atomic E-state index is 12.7. The Morgan fingerprint density at radius 1 is 0.596 bits per heavy atom. The Morgan fingerprint density at radius 3 is 1.63 bits per heavy atom. The van der Waals surface area contributed by atoms with Crippen LogP contribution in [-0.4, -0.2) is 89.0 Å². The van der Waals surface area contributed by atoms with E-state index < -0.39 is 55.4 Å². The molecular formula is C47H80O10. The summed E-state index contributed by atoms with van der Waals surface area (Å²) in [5.74, 6) is -0.877. The lowest BCUT2D eigenvalue weighted by Crippen LogP contribution is -2.59. The second-order valence-corrected chi connectivity index (χ2v) is 15.2. The first kappa shape index (κ1) is 52.4. The monoisotopic (exact) mass is 805 g/mol. The third-order valence-electron chi connectivity index (χ3n) is 10.0. The molecule has 0 radical (unpaired) electrons. The number of hydrogen-bond acceptors (Lipinski definition) is 10. The van der Waals surface area contributed by atoms with Crippen LogP contribution in [0.1, 0.15) is 167 Å². The van der Waals surface area contributed by atoms with Crippen LogP contribution in [0.5, 0.6) is 0 Å². The van der Waals surface area contributed by atoms with Gasteiger partial charge in [-0.25, -0.2) is 0 Å². The minimum absolute atomic E-state index is 0.152. The molecule has 1 aliphatic rings. The van der Waals surface area contributed by atoms with Crippen molar-refractivity contribution in [1.82, 2.24) is 0 Å². The van der Waals surface area contributed by atoms with Crippen LogP contribution in [0.2, 0.25) is 0 Å². The smallest absolute Gasteiger partial charge is 0.306 e. The third-order valence-corrected chi connectivity index (χ3v) is 10.0. The van der Waals surface area contributed by atoms with Gasteiger partial charge >= 0.3 is 11.9 Å². The molecule has 1 heterocycles. The molecule has 1 aliphatic heterocycles. The van der Waals surface area contributed by atoms with E-state index in [9.17, 15) is 30.0 Å². The molecule has 4 N–H and O–H groups in total. The van der Waals surface area contributed by atoms with Crippen LogP contribution >= 0.6 is 0 Å². The fourth-order valence-electron chi connectivity index (χ4n) is 6.45. The molecule has 2 unspecified atom stereocenters. The lowest BCUT2D eigenvalue weighted by molar-refractivity contribution is -0.305. The molecule has 0 bridgehead atoms. The van der Waals surface area contributed by atoms with Gasteiger partial charge in [-0.3, -0.25) is 9.59 Å². The van der Waals surface area contributed by atoms with Crippen LogP contribution in [0.25, 0.3) is 0 Å². The van der Waals surface area contributed by atoms with Crippen molar-refractivity contribution in [1.29, 1.82) is 0 Å². The largest absolute Gasteiger partial charge is 0.462 e. The number of aliphatic hydroxyl groups excluding tert-OH is 4. The SMILES string of the molecule is C=CCCCCCCCCCCCCCCCC(=O)OC[C@H](CO[C@@H]1O[C@H](CO)[C@H](O)C(O)C1O)OC(=O)CCC/C=C/C/C=C/C/C=C/C/C=C/CCCCC. The van der Waals surface area contributed by atoms with Crippen molar-refractivity contribution in [3.8, 4) is 0 Å². The van der Waals surface area contributed by atoms with E-state index in [4.69, 9.17) is 18.9 Å². The lowest BCUT2D eigenvalue weighted by Gasteiger charge is -2.39. The van der Waals surface area contributed by atoms with Crippen molar-refractivity contribution < 1.29 is 49.0 Å². The summed E-state index contributed by atoms with van der Waals surface area (Å²) in [4.78, 5) is 25.3. The van der Waals surface area contributed by atoms with Gasteiger partial charge in [-0.05, 0) is 64.2 Å². The maximum absolute atomic E-state index is 12.7. The zero-order valence-electron chi connectivity index (χ0n) is 35.4. The molecule has 10 nitrogen and oxygen atoms in total. The molecule has 0 aromatic carbocycles. The van der Waals surface area contributed by atoms with Gasteiger partial charge < -0.3 is 39.4 Å². The summed E-state index contributed by atoms with van der Waals surface area (Å²) < 4.78 is 22.1. The van der Waals surface area contributed by atoms with Gasteiger partial charge in [0.1, 0.15) is 31.0 Å². The van der Waals surface area contributed by atoms with Crippen LogP contribution in [0.3, 0.4) is 0 Å². The topological polar surface area (TPSA) is 152 Å². The highest BCUT2D eigenvalue weighted by Gasteiger charge is 2.44. The van der Waals surface area contributed by atoms with Crippen molar-refractivity contribution in [2.75, 3.05) is 19.8 Å². The summed E-state index contributed by atoms with van der Waals surface area (Å²) in [6.45, 7) is 4.85. The standard InChI is InChI=1S/C47H80O10/c1-3-5-7-9-11-13-15-17-19-20-22-24-26-28-30-32-34-36-43(50)56-40(39-55-47-46(53)45(52)44(51)41(37-48)57-47)38-54-42(49)35-33-31-29-27-25-23-21-18-16-14-12-10-8-6-4-2/h4,11,13,17,19,22,24,28,30,40-41,44-48,51-53H,2-3,5-10,12,14-16,18,20-21,23,25-27,29,31-39H2,1H3/b13-11+,19-17+,24-22+,30-28+/t40-,41-,44+,45?,46?,47-/m1/s1. The number of ether oxygens (including phenoxy) is 4. The Labute approximate surface area is 345 Å². The van der Waals surface area contributed by atoms with E-state index in [1.807, 2.05) is 12.2 Å². The fourth-order valence-corrected chi connectivity index (χ4v) is 6.45. The number of allylic oxidation sites excluding steroid dienone is 9. The van der Waals surface area contributed by atoms with E-state index in [0.717, 1.165) is 51.4 Å². The van der Waals surface area contributed by atoms with Crippen LogP contribution in [0.4, 0.5) is 0 Å². The quantitative estimate of drug-likeness (QED) is 0.0272. The number of aliphatic hydroxyl groups is 4. The highest BCUT2D eigenvalue weighted by Crippen LogP contribution is 2.22. The molecule has 0 amide bonds. The number of unbranched alkanes of at least 4 members (excludes halogenated alkanes) is 17. The molecular weight excluding hydrogens is 725 g/mol. The Kier molecular flexibility index (Phi) is 34.6. The molecule has 328 valence electrons. The molecule has 57 heavy (non-hydrogen) atoms. The van der Waals surface area contributed by atoms with Crippen molar-refractivity contribution in [2.45, 2.75) is 204 Å². The zero-order valence-corrected chi connectivity index (χ0v) is 35.4. The van der Waals surface area contributed by atoms with Crippen LogP contribution < -0.4 is 0 Å². The summed E-state index contributed by atoms with van der Waals surface area (Å²) in [6.07, 6.45) is 36.9. The molecule has 0 aliphatic carbocycles. The predicted molar refractivity (Wildman–Crippen MR) is 228 cm³/mol. The van der Waals surface area contributed by atoms with Gasteiger partial charge in [0.2, 0.25) is 0 Å². The van der Waals surface area contributed by atoms with Gasteiger partial charge in [0, 0.05) is 12.8 Å². The minimum atomic E-state index is -1.61. The predicted octanol–water partition coefficient (Wildman–Crippen LogP) is 9.44. The minimum Gasteiger partial charge on any atom is -0.462 e.